The highest BCUT2D eigenvalue weighted by atomic mass is 16.5. The predicted octanol–water partition coefficient (Wildman–Crippen LogP) is 2.60. The molecule has 6 nitrogen and oxygen atoms in total. The van der Waals surface area contributed by atoms with Crippen LogP contribution in [0.3, 0.4) is 0 Å². The van der Waals surface area contributed by atoms with Gasteiger partial charge in [-0.1, -0.05) is 36.8 Å². The number of hydrogen-bond acceptors (Lipinski definition) is 4. The molecule has 2 N–H and O–H groups in total. The van der Waals surface area contributed by atoms with Crippen molar-refractivity contribution in [1.29, 1.82) is 0 Å². The van der Waals surface area contributed by atoms with Crippen LogP contribution in [0.1, 0.15) is 37.0 Å². The van der Waals surface area contributed by atoms with Gasteiger partial charge < -0.3 is 20.1 Å². The summed E-state index contributed by atoms with van der Waals surface area (Å²) in [5, 5.41) is 7.04. The lowest BCUT2D eigenvalue weighted by Gasteiger charge is -2.33. The van der Waals surface area contributed by atoms with E-state index in [1.807, 2.05) is 7.05 Å². The number of benzene rings is 1. The fourth-order valence-electron chi connectivity index (χ4n) is 4.19. The van der Waals surface area contributed by atoms with Crippen molar-refractivity contribution in [3.63, 3.8) is 0 Å². The molecule has 29 heavy (non-hydrogen) atoms. The van der Waals surface area contributed by atoms with Crippen LogP contribution < -0.4 is 10.6 Å². The number of hydrogen-bond donors (Lipinski definition) is 2. The molecule has 2 aliphatic heterocycles. The summed E-state index contributed by atoms with van der Waals surface area (Å²) in [4.78, 5) is 6.90. The van der Waals surface area contributed by atoms with Crippen LogP contribution >= 0.6 is 0 Å². The number of guanidine groups is 1. The standard InChI is InChI=1S/C23H38N4O2/c1-18-6-8-20(9-7-18)22-21(5-4-12-29-22)16-26-23(24-3)25-15-19(2)17-27-10-13-28-14-11-27/h6-9,19,21-22H,4-5,10-17H2,1-3H3,(H2,24,25,26). The Bertz CT molecular complexity index is 628. The summed E-state index contributed by atoms with van der Waals surface area (Å²) in [6, 6.07) is 8.76. The molecular weight excluding hydrogens is 364 g/mol. The molecule has 2 aliphatic rings. The first-order valence-corrected chi connectivity index (χ1v) is 11.1. The van der Waals surface area contributed by atoms with Gasteiger partial charge in [0.15, 0.2) is 5.96 Å². The zero-order valence-electron chi connectivity index (χ0n) is 18.3. The maximum atomic E-state index is 6.15. The average Bonchev–Trinajstić information content (AvgIpc) is 2.75. The van der Waals surface area contributed by atoms with Crippen molar-refractivity contribution in [2.45, 2.75) is 32.8 Å². The number of aliphatic imine (C=N–C) groups is 1. The number of rotatable bonds is 7. The van der Waals surface area contributed by atoms with Crippen molar-refractivity contribution in [3.8, 4) is 0 Å². The zero-order valence-corrected chi connectivity index (χ0v) is 18.3. The smallest absolute Gasteiger partial charge is 0.190 e. The second-order valence-corrected chi connectivity index (χ2v) is 8.46. The van der Waals surface area contributed by atoms with Gasteiger partial charge in [0.2, 0.25) is 0 Å². The van der Waals surface area contributed by atoms with Gasteiger partial charge in [0.05, 0.1) is 19.3 Å². The molecule has 0 bridgehead atoms. The van der Waals surface area contributed by atoms with Gasteiger partial charge in [0.25, 0.3) is 0 Å². The minimum Gasteiger partial charge on any atom is -0.379 e. The molecular formula is C23H38N4O2. The van der Waals surface area contributed by atoms with Crippen molar-refractivity contribution in [1.82, 2.24) is 15.5 Å². The molecule has 2 saturated heterocycles. The van der Waals surface area contributed by atoms with Crippen LogP contribution in [-0.2, 0) is 9.47 Å². The number of ether oxygens (including phenoxy) is 2. The summed E-state index contributed by atoms with van der Waals surface area (Å²) >= 11 is 0. The van der Waals surface area contributed by atoms with Gasteiger partial charge in [0.1, 0.15) is 0 Å². The molecule has 6 heteroatoms. The summed E-state index contributed by atoms with van der Waals surface area (Å²) < 4.78 is 11.6. The summed E-state index contributed by atoms with van der Waals surface area (Å²) in [7, 11) is 1.84. The third-order valence-electron chi connectivity index (χ3n) is 5.90. The van der Waals surface area contributed by atoms with Gasteiger partial charge in [-0.25, -0.2) is 0 Å². The van der Waals surface area contributed by atoms with Crippen molar-refractivity contribution >= 4 is 5.96 Å². The van der Waals surface area contributed by atoms with Gasteiger partial charge >= 0.3 is 0 Å². The molecule has 0 radical (unpaired) electrons. The second kappa shape index (κ2) is 11.5. The summed E-state index contributed by atoms with van der Waals surface area (Å²) in [6.07, 6.45) is 2.46. The summed E-state index contributed by atoms with van der Waals surface area (Å²) in [5.74, 6) is 1.90. The zero-order chi connectivity index (χ0) is 20.5. The maximum absolute atomic E-state index is 6.15. The highest BCUT2D eigenvalue weighted by Crippen LogP contribution is 2.33. The fourth-order valence-corrected chi connectivity index (χ4v) is 4.19. The van der Waals surface area contributed by atoms with E-state index in [2.05, 4.69) is 58.6 Å². The lowest BCUT2D eigenvalue weighted by Crippen LogP contribution is -2.45. The van der Waals surface area contributed by atoms with Crippen LogP contribution in [0, 0.1) is 18.8 Å². The molecule has 162 valence electrons. The van der Waals surface area contributed by atoms with Gasteiger partial charge in [-0.3, -0.25) is 9.89 Å². The van der Waals surface area contributed by atoms with Gasteiger partial charge in [0, 0.05) is 52.3 Å². The SMILES string of the molecule is CN=C(NCC(C)CN1CCOCC1)NCC1CCCOC1c1ccc(C)cc1. The molecule has 0 aliphatic carbocycles. The predicted molar refractivity (Wildman–Crippen MR) is 118 cm³/mol. The molecule has 3 unspecified atom stereocenters. The molecule has 0 amide bonds. The van der Waals surface area contributed by atoms with Crippen LogP contribution in [0.5, 0.6) is 0 Å². The topological polar surface area (TPSA) is 58.1 Å². The van der Waals surface area contributed by atoms with E-state index in [1.54, 1.807) is 0 Å². The fraction of sp³-hybridized carbons (Fsp3) is 0.696. The van der Waals surface area contributed by atoms with Crippen LogP contribution in [0.15, 0.2) is 29.3 Å². The van der Waals surface area contributed by atoms with Gasteiger partial charge in [-0.15, -0.1) is 0 Å². The Morgan fingerprint density at radius 2 is 1.93 bits per heavy atom. The van der Waals surface area contributed by atoms with Crippen LogP contribution in [0.2, 0.25) is 0 Å². The Labute approximate surface area is 176 Å². The average molecular weight is 403 g/mol. The Morgan fingerprint density at radius 1 is 1.17 bits per heavy atom. The molecule has 2 heterocycles. The van der Waals surface area contributed by atoms with E-state index in [0.29, 0.717) is 11.8 Å². The van der Waals surface area contributed by atoms with Crippen LogP contribution in [0.4, 0.5) is 0 Å². The van der Waals surface area contributed by atoms with Gasteiger partial charge in [-0.05, 0) is 31.2 Å². The maximum Gasteiger partial charge on any atom is 0.190 e. The summed E-state index contributed by atoms with van der Waals surface area (Å²) in [5.41, 5.74) is 2.57. The van der Waals surface area contributed by atoms with Gasteiger partial charge in [-0.2, -0.15) is 0 Å². The first-order valence-electron chi connectivity index (χ1n) is 11.1. The first kappa shape index (κ1) is 22.1. The number of aryl methyl sites for hydroxylation is 1. The highest BCUT2D eigenvalue weighted by Gasteiger charge is 2.27. The highest BCUT2D eigenvalue weighted by molar-refractivity contribution is 5.79. The second-order valence-electron chi connectivity index (χ2n) is 8.46. The van der Waals surface area contributed by atoms with E-state index >= 15 is 0 Å². The lowest BCUT2D eigenvalue weighted by atomic mass is 9.89. The first-order chi connectivity index (χ1) is 14.2. The normalized spacial score (nSPS) is 24.9. The van der Waals surface area contributed by atoms with Crippen molar-refractivity contribution in [3.05, 3.63) is 35.4 Å². The molecule has 0 saturated carbocycles. The molecule has 0 spiro atoms. The monoisotopic (exact) mass is 402 g/mol. The minimum atomic E-state index is 0.162. The number of nitrogens with one attached hydrogen (secondary N) is 2. The Kier molecular flexibility index (Phi) is 8.77. The minimum absolute atomic E-state index is 0.162. The molecule has 3 atom stereocenters. The van der Waals surface area contributed by atoms with E-state index in [0.717, 1.165) is 64.9 Å². The van der Waals surface area contributed by atoms with Crippen LogP contribution in [0.25, 0.3) is 0 Å². The van der Waals surface area contributed by atoms with E-state index in [4.69, 9.17) is 9.47 Å². The third-order valence-corrected chi connectivity index (χ3v) is 5.90. The number of nitrogens with zero attached hydrogens (tertiary/aromatic N) is 2. The van der Waals surface area contributed by atoms with E-state index in [-0.39, 0.29) is 6.10 Å². The quantitative estimate of drug-likeness (QED) is 0.542. The van der Waals surface area contributed by atoms with Crippen molar-refractivity contribution in [2.75, 3.05) is 59.6 Å². The van der Waals surface area contributed by atoms with E-state index < -0.39 is 0 Å². The van der Waals surface area contributed by atoms with Crippen molar-refractivity contribution in [2.24, 2.45) is 16.8 Å². The molecule has 2 fully saturated rings. The van der Waals surface area contributed by atoms with E-state index in [9.17, 15) is 0 Å². The molecule has 3 rings (SSSR count). The van der Waals surface area contributed by atoms with E-state index in [1.165, 1.54) is 17.5 Å². The molecule has 0 aromatic heterocycles. The molecule has 1 aromatic rings. The Balaban J connectivity index is 1.45. The summed E-state index contributed by atoms with van der Waals surface area (Å²) in [6.45, 7) is 11.9. The molecule has 1 aromatic carbocycles. The Hall–Kier alpha value is -1.63. The van der Waals surface area contributed by atoms with Crippen molar-refractivity contribution < 1.29 is 9.47 Å². The van der Waals surface area contributed by atoms with Crippen LogP contribution in [-0.4, -0.2) is 70.5 Å². The Morgan fingerprint density at radius 3 is 2.66 bits per heavy atom. The number of morpholine rings is 1. The largest absolute Gasteiger partial charge is 0.379 e. The third kappa shape index (κ3) is 6.98. The lowest BCUT2D eigenvalue weighted by molar-refractivity contribution is -0.0265.